The van der Waals surface area contributed by atoms with E-state index in [1.54, 1.807) is 10.9 Å². The lowest BCUT2D eigenvalue weighted by atomic mass is 9.98. The fourth-order valence-corrected chi connectivity index (χ4v) is 4.39. The van der Waals surface area contributed by atoms with E-state index < -0.39 is 0 Å². The second-order valence-electron chi connectivity index (χ2n) is 5.96. The zero-order valence-electron chi connectivity index (χ0n) is 13.2. The zero-order valence-corrected chi connectivity index (χ0v) is 14.1. The predicted octanol–water partition coefficient (Wildman–Crippen LogP) is 2.23. The van der Waals surface area contributed by atoms with Crippen LogP contribution in [-0.4, -0.2) is 31.2 Å². The number of nitrogens with zero attached hydrogens (tertiary/aromatic N) is 4. The summed E-state index contributed by atoms with van der Waals surface area (Å²) in [7, 11) is 1.81. The van der Waals surface area contributed by atoms with Gasteiger partial charge in [0, 0.05) is 24.5 Å². The molecule has 0 bridgehead atoms. The molecule has 1 aliphatic heterocycles. The highest BCUT2D eigenvalue weighted by atomic mass is 32.1. The van der Waals surface area contributed by atoms with Gasteiger partial charge < -0.3 is 4.98 Å². The van der Waals surface area contributed by atoms with Crippen LogP contribution in [0, 0.1) is 0 Å². The molecular formula is C16H19N5OS. The number of thiophene rings is 1. The maximum absolute atomic E-state index is 12.2. The largest absolute Gasteiger partial charge is 0.309 e. The summed E-state index contributed by atoms with van der Waals surface area (Å²) in [6, 6.07) is 2.64. The Morgan fingerprint density at radius 1 is 1.48 bits per heavy atom. The number of aryl methyl sites for hydroxylation is 1. The van der Waals surface area contributed by atoms with Crippen molar-refractivity contribution < 1.29 is 0 Å². The van der Waals surface area contributed by atoms with E-state index in [4.69, 9.17) is 0 Å². The van der Waals surface area contributed by atoms with Crippen molar-refractivity contribution >= 4 is 22.4 Å². The predicted molar refractivity (Wildman–Crippen MR) is 90.6 cm³/mol. The molecule has 6 nitrogen and oxygen atoms in total. The van der Waals surface area contributed by atoms with Crippen LogP contribution in [0.4, 0.5) is 0 Å². The maximum Gasteiger partial charge on any atom is 0.262 e. The van der Waals surface area contributed by atoms with E-state index in [0.29, 0.717) is 29.4 Å². The number of hydrogen-bond donors (Lipinski definition) is 1. The number of nitrogens with one attached hydrogen (secondary N) is 1. The van der Waals surface area contributed by atoms with Crippen LogP contribution >= 0.6 is 11.3 Å². The van der Waals surface area contributed by atoms with Crippen LogP contribution in [-0.2, 0) is 20.0 Å². The Kier molecular flexibility index (Phi) is 3.54. The van der Waals surface area contributed by atoms with Crippen LogP contribution in [0.1, 0.15) is 35.7 Å². The molecule has 3 aromatic heterocycles. The van der Waals surface area contributed by atoms with Crippen molar-refractivity contribution in [2.45, 2.75) is 32.4 Å². The first-order chi connectivity index (χ1) is 11.2. The Balaban J connectivity index is 1.68. The molecule has 120 valence electrons. The highest BCUT2D eigenvalue weighted by molar-refractivity contribution is 7.10. The van der Waals surface area contributed by atoms with Gasteiger partial charge in [-0.2, -0.15) is 5.10 Å². The molecule has 7 heteroatoms. The SMILES string of the molecule is CC[C@@H]1c2ccsc2CCN1Cc1nc2c(cnn2C)c(=O)[nH]1. The Morgan fingerprint density at radius 3 is 3.17 bits per heavy atom. The number of H-pyrrole nitrogens is 1. The van der Waals surface area contributed by atoms with Gasteiger partial charge in [0.1, 0.15) is 11.2 Å². The summed E-state index contributed by atoms with van der Waals surface area (Å²) in [5.41, 5.74) is 1.97. The first-order valence-electron chi connectivity index (χ1n) is 7.88. The molecule has 0 aromatic carbocycles. The van der Waals surface area contributed by atoms with E-state index in [9.17, 15) is 4.79 Å². The van der Waals surface area contributed by atoms with Crippen LogP contribution in [0.25, 0.3) is 11.0 Å². The summed E-state index contributed by atoms with van der Waals surface area (Å²) < 4.78 is 1.65. The molecule has 4 rings (SSSR count). The molecule has 1 aliphatic rings. The molecule has 1 N–H and O–H groups in total. The van der Waals surface area contributed by atoms with Crippen molar-refractivity contribution in [3.05, 3.63) is 44.3 Å². The lowest BCUT2D eigenvalue weighted by Crippen LogP contribution is -2.35. The van der Waals surface area contributed by atoms with E-state index in [2.05, 4.69) is 38.3 Å². The molecule has 23 heavy (non-hydrogen) atoms. The van der Waals surface area contributed by atoms with Gasteiger partial charge in [0.15, 0.2) is 5.65 Å². The molecule has 0 aliphatic carbocycles. The minimum atomic E-state index is -0.112. The summed E-state index contributed by atoms with van der Waals surface area (Å²) in [6.07, 6.45) is 3.70. The van der Waals surface area contributed by atoms with Crippen LogP contribution < -0.4 is 5.56 Å². The monoisotopic (exact) mass is 329 g/mol. The molecule has 1 atom stereocenters. The van der Waals surface area contributed by atoms with E-state index in [1.165, 1.54) is 10.4 Å². The summed E-state index contributed by atoms with van der Waals surface area (Å²) in [4.78, 5) is 23.6. The maximum atomic E-state index is 12.2. The lowest BCUT2D eigenvalue weighted by molar-refractivity contribution is 0.168. The number of fused-ring (bicyclic) bond motifs is 2. The van der Waals surface area contributed by atoms with E-state index >= 15 is 0 Å². The van der Waals surface area contributed by atoms with Crippen molar-refractivity contribution in [2.75, 3.05) is 6.54 Å². The quantitative estimate of drug-likeness (QED) is 0.800. The molecule has 0 spiro atoms. The number of hydrogen-bond acceptors (Lipinski definition) is 5. The van der Waals surface area contributed by atoms with Gasteiger partial charge in [0.05, 0.1) is 12.7 Å². The van der Waals surface area contributed by atoms with Gasteiger partial charge in [0.2, 0.25) is 0 Å². The third-order valence-corrected chi connectivity index (χ3v) is 5.59. The van der Waals surface area contributed by atoms with E-state index in [-0.39, 0.29) is 5.56 Å². The normalized spacial score (nSPS) is 18.4. The van der Waals surface area contributed by atoms with E-state index in [0.717, 1.165) is 19.4 Å². The average molecular weight is 329 g/mol. The molecular weight excluding hydrogens is 310 g/mol. The topological polar surface area (TPSA) is 66.8 Å². The fraction of sp³-hybridized carbons (Fsp3) is 0.438. The molecule has 0 saturated heterocycles. The minimum absolute atomic E-state index is 0.112. The minimum Gasteiger partial charge on any atom is -0.309 e. The van der Waals surface area contributed by atoms with Gasteiger partial charge in [-0.15, -0.1) is 11.3 Å². The Hall–Kier alpha value is -1.99. The summed E-state index contributed by atoms with van der Waals surface area (Å²) in [5, 5.41) is 6.84. The molecule has 0 radical (unpaired) electrons. The van der Waals surface area contributed by atoms with E-state index in [1.807, 2.05) is 18.4 Å². The molecule has 3 aromatic rings. The first kappa shape index (κ1) is 14.6. The Morgan fingerprint density at radius 2 is 2.35 bits per heavy atom. The molecule has 4 heterocycles. The van der Waals surface area contributed by atoms with Gasteiger partial charge >= 0.3 is 0 Å². The van der Waals surface area contributed by atoms with Crippen molar-refractivity contribution in [3.8, 4) is 0 Å². The number of aromatic nitrogens is 4. The highest BCUT2D eigenvalue weighted by Gasteiger charge is 2.27. The Labute approximate surface area is 137 Å². The standard InChI is InChI=1S/C16H19N5OS/c1-3-12-10-5-7-23-13(10)4-6-21(12)9-14-18-15-11(16(22)19-14)8-17-20(15)2/h5,7-8,12H,3-4,6,9H2,1-2H3,(H,18,19,22)/t12-/m1/s1. The second kappa shape index (κ2) is 5.58. The number of rotatable bonds is 3. The van der Waals surface area contributed by atoms with Gasteiger partial charge in [-0.25, -0.2) is 4.98 Å². The third-order valence-electron chi connectivity index (χ3n) is 4.60. The number of aromatic amines is 1. The molecule has 0 unspecified atom stereocenters. The van der Waals surface area contributed by atoms with Crippen LogP contribution in [0.3, 0.4) is 0 Å². The zero-order chi connectivity index (χ0) is 16.0. The van der Waals surface area contributed by atoms with Crippen LogP contribution in [0.2, 0.25) is 0 Å². The molecule has 0 saturated carbocycles. The van der Waals surface area contributed by atoms with Crippen LogP contribution in [0.5, 0.6) is 0 Å². The first-order valence-corrected chi connectivity index (χ1v) is 8.76. The van der Waals surface area contributed by atoms with Gasteiger partial charge in [0.25, 0.3) is 5.56 Å². The highest BCUT2D eigenvalue weighted by Crippen LogP contribution is 2.35. The summed E-state index contributed by atoms with van der Waals surface area (Å²) in [6.45, 7) is 3.87. The van der Waals surface area contributed by atoms with Crippen LogP contribution in [0.15, 0.2) is 22.4 Å². The fourth-order valence-electron chi connectivity index (χ4n) is 3.46. The van der Waals surface area contributed by atoms with Gasteiger partial charge in [-0.05, 0) is 29.9 Å². The van der Waals surface area contributed by atoms with Crippen molar-refractivity contribution in [3.63, 3.8) is 0 Å². The molecule has 0 amide bonds. The summed E-state index contributed by atoms with van der Waals surface area (Å²) >= 11 is 1.85. The average Bonchev–Trinajstić information content (AvgIpc) is 3.15. The van der Waals surface area contributed by atoms with Gasteiger partial charge in [-0.1, -0.05) is 6.92 Å². The Bertz CT molecular complexity index is 909. The molecule has 0 fully saturated rings. The van der Waals surface area contributed by atoms with Crippen molar-refractivity contribution in [1.82, 2.24) is 24.6 Å². The van der Waals surface area contributed by atoms with Crippen molar-refractivity contribution in [2.24, 2.45) is 7.05 Å². The lowest BCUT2D eigenvalue weighted by Gasteiger charge is -2.34. The smallest absolute Gasteiger partial charge is 0.262 e. The second-order valence-corrected chi connectivity index (χ2v) is 6.96. The van der Waals surface area contributed by atoms with Gasteiger partial charge in [-0.3, -0.25) is 14.4 Å². The summed E-state index contributed by atoms with van der Waals surface area (Å²) in [5.74, 6) is 0.711. The third kappa shape index (κ3) is 2.40. The van der Waals surface area contributed by atoms with Crippen molar-refractivity contribution in [1.29, 1.82) is 0 Å².